The summed E-state index contributed by atoms with van der Waals surface area (Å²) in [4.78, 5) is 0. The van der Waals surface area contributed by atoms with Crippen molar-refractivity contribution in [2.24, 2.45) is 28.5 Å². The fraction of sp³-hybridized carbons (Fsp3) is 0.893. The van der Waals surface area contributed by atoms with Gasteiger partial charge in [-0.15, -0.1) is 0 Å². The Labute approximate surface area is 393 Å². The molecule has 0 radical (unpaired) electrons. The molecule has 0 rings (SSSR count). The number of hydrogen-bond donors (Lipinski definition) is 7. The fourth-order valence-electron chi connectivity index (χ4n) is 9.44. The third-order valence-corrected chi connectivity index (χ3v) is 13.6. The Hall–Kier alpha value is -1.06. The van der Waals surface area contributed by atoms with Crippen LogP contribution in [0, 0.1) is 11.3 Å². The maximum Gasteiger partial charge on any atom is 0.160 e. The van der Waals surface area contributed by atoms with Crippen LogP contribution in [0.1, 0.15) is 264 Å². The van der Waals surface area contributed by atoms with Gasteiger partial charge in [-0.1, -0.05) is 185 Å². The molecule has 0 aromatic carbocycles. The number of nitrogens with one attached hydrogen (secondary N) is 2. The number of allylic oxidation sites excluding steroid dienone is 6. The molecule has 374 valence electrons. The second-order valence-corrected chi connectivity index (χ2v) is 19.6. The van der Waals surface area contributed by atoms with Crippen molar-refractivity contribution in [1.29, 1.82) is 0 Å². The average Bonchev–Trinajstić information content (AvgIpc) is 3.29. The first-order chi connectivity index (χ1) is 31.0. The highest BCUT2D eigenvalue weighted by molar-refractivity contribution is 4.92. The van der Waals surface area contributed by atoms with Gasteiger partial charge in [0, 0.05) is 6.54 Å². The lowest BCUT2D eigenvalue weighted by atomic mass is 9.72. The quantitative estimate of drug-likeness (QED) is 0.0183. The van der Waals surface area contributed by atoms with E-state index in [1.807, 2.05) is 0 Å². The van der Waals surface area contributed by atoms with Crippen LogP contribution in [0.5, 0.6) is 0 Å². The van der Waals surface area contributed by atoms with Crippen LogP contribution in [0.3, 0.4) is 0 Å². The summed E-state index contributed by atoms with van der Waals surface area (Å²) < 4.78 is 0. The number of unbranched alkanes of at least 4 members (excludes halogenated alkanes) is 23. The second kappa shape index (κ2) is 50.4. The van der Waals surface area contributed by atoms with Gasteiger partial charge in [-0.25, -0.2) is 0 Å². The van der Waals surface area contributed by atoms with Crippen LogP contribution in [0.4, 0.5) is 0 Å². The van der Waals surface area contributed by atoms with E-state index in [2.05, 4.69) is 60.9 Å². The molecule has 0 bridgehead atoms. The topological polar surface area (TPSA) is 143 Å². The van der Waals surface area contributed by atoms with Crippen LogP contribution in [0.15, 0.2) is 36.5 Å². The summed E-state index contributed by atoms with van der Waals surface area (Å²) >= 11 is 0. The van der Waals surface area contributed by atoms with Crippen LogP contribution < -0.4 is 27.8 Å². The number of aliphatic hydroxyl groups excluding tert-OH is 2. The molecule has 3 atom stereocenters. The maximum atomic E-state index is 10.9. The van der Waals surface area contributed by atoms with Gasteiger partial charge in [0.1, 0.15) is 0 Å². The molecule has 63 heavy (non-hydrogen) atoms. The van der Waals surface area contributed by atoms with Gasteiger partial charge >= 0.3 is 0 Å². The molecule has 0 heterocycles. The zero-order valence-corrected chi connectivity index (χ0v) is 42.4. The molecule has 7 heteroatoms. The largest absolute Gasteiger partial charge is 0.392 e. The first kappa shape index (κ1) is 61.9. The maximum absolute atomic E-state index is 10.9. The van der Waals surface area contributed by atoms with Crippen LogP contribution in [0.2, 0.25) is 0 Å². The van der Waals surface area contributed by atoms with E-state index in [1.54, 1.807) is 0 Å². The van der Waals surface area contributed by atoms with E-state index >= 15 is 0 Å². The molecule has 10 N–H and O–H groups in total. The molecule has 0 fully saturated rings. The zero-order valence-electron chi connectivity index (χ0n) is 42.4. The van der Waals surface area contributed by atoms with Crippen molar-refractivity contribution in [3.63, 3.8) is 0 Å². The van der Waals surface area contributed by atoms with Crippen molar-refractivity contribution >= 4 is 0 Å². The number of hydrogen-bond acceptors (Lipinski definition) is 7. The second-order valence-electron chi connectivity index (χ2n) is 19.6. The predicted octanol–water partition coefficient (Wildman–Crippen LogP) is 14.2. The van der Waals surface area contributed by atoms with Gasteiger partial charge in [-0.05, 0) is 153 Å². The van der Waals surface area contributed by atoms with Gasteiger partial charge in [0.05, 0.1) is 6.10 Å². The summed E-state index contributed by atoms with van der Waals surface area (Å²) in [6, 6.07) is 0. The van der Waals surface area contributed by atoms with Gasteiger partial charge in [0.2, 0.25) is 0 Å². The van der Waals surface area contributed by atoms with Crippen molar-refractivity contribution in [2.45, 2.75) is 277 Å². The monoisotopic (exact) mass is 888 g/mol. The highest BCUT2D eigenvalue weighted by Gasteiger charge is 2.27. The Bertz CT molecular complexity index is 965. The molecule has 0 saturated carbocycles. The third-order valence-electron chi connectivity index (χ3n) is 13.6. The smallest absolute Gasteiger partial charge is 0.160 e. The van der Waals surface area contributed by atoms with Crippen LogP contribution in [0.25, 0.3) is 0 Å². The van der Waals surface area contributed by atoms with Crippen LogP contribution in [-0.4, -0.2) is 55.4 Å². The average molecular weight is 889 g/mol. The Morgan fingerprint density at radius 3 is 1.32 bits per heavy atom. The van der Waals surface area contributed by atoms with Gasteiger partial charge < -0.3 is 27.4 Å². The summed E-state index contributed by atoms with van der Waals surface area (Å²) in [5.74, 6) is 0.698. The summed E-state index contributed by atoms with van der Waals surface area (Å²) in [6.07, 6.45) is 61.8. The van der Waals surface area contributed by atoms with Crippen molar-refractivity contribution in [3.8, 4) is 0 Å². The molecule has 0 aliphatic rings. The SMILES string of the molecule is CCCCCC=CCC=CCCCCCCCCC(CCCCCCCCCCCC=CCCCCC)CCC(O)CNC(O)NCCCCCC(CCN)(CCCN)CCCN. The molecular weight excluding hydrogens is 775 g/mol. The summed E-state index contributed by atoms with van der Waals surface area (Å²) in [5, 5.41) is 27.8. The predicted molar refractivity (Wildman–Crippen MR) is 280 cm³/mol. The van der Waals surface area contributed by atoms with E-state index in [1.165, 1.54) is 180 Å². The Morgan fingerprint density at radius 2 is 0.841 bits per heavy atom. The Balaban J connectivity index is 4.48. The molecule has 0 spiro atoms. The van der Waals surface area contributed by atoms with Crippen molar-refractivity contribution < 1.29 is 10.2 Å². The third kappa shape index (κ3) is 44.5. The normalized spacial score (nSPS) is 14.0. The molecule has 0 aliphatic heterocycles. The molecule has 0 amide bonds. The van der Waals surface area contributed by atoms with E-state index in [0.717, 1.165) is 96.8 Å². The van der Waals surface area contributed by atoms with Gasteiger partial charge in [0.15, 0.2) is 6.35 Å². The fourth-order valence-corrected chi connectivity index (χ4v) is 9.44. The highest BCUT2D eigenvalue weighted by atomic mass is 16.3. The van der Waals surface area contributed by atoms with Crippen molar-refractivity contribution in [3.05, 3.63) is 36.5 Å². The van der Waals surface area contributed by atoms with Gasteiger partial charge in [0.25, 0.3) is 0 Å². The highest BCUT2D eigenvalue weighted by Crippen LogP contribution is 2.38. The number of aliphatic hydroxyl groups is 2. The van der Waals surface area contributed by atoms with Crippen LogP contribution >= 0.6 is 0 Å². The lowest BCUT2D eigenvalue weighted by Gasteiger charge is -2.34. The van der Waals surface area contributed by atoms with Crippen molar-refractivity contribution in [1.82, 2.24) is 10.6 Å². The molecular formula is C56H113N5O2. The van der Waals surface area contributed by atoms with Crippen LogP contribution in [-0.2, 0) is 0 Å². The first-order valence-electron chi connectivity index (χ1n) is 27.8. The lowest BCUT2D eigenvalue weighted by Crippen LogP contribution is -2.45. The molecule has 0 aromatic rings. The summed E-state index contributed by atoms with van der Waals surface area (Å²) in [5.41, 5.74) is 18.0. The number of rotatable bonds is 52. The molecule has 0 saturated heterocycles. The summed E-state index contributed by atoms with van der Waals surface area (Å²) in [7, 11) is 0. The Morgan fingerprint density at radius 1 is 0.413 bits per heavy atom. The van der Waals surface area contributed by atoms with E-state index < -0.39 is 12.5 Å². The van der Waals surface area contributed by atoms with Crippen molar-refractivity contribution in [2.75, 3.05) is 32.7 Å². The molecule has 0 aliphatic carbocycles. The number of nitrogens with two attached hydrogens (primary N) is 3. The lowest BCUT2D eigenvalue weighted by molar-refractivity contribution is 0.0722. The standard InChI is InChI=1S/C56H113N5O2/c1-3-5-7-9-11-13-15-17-19-21-23-25-27-29-31-34-40-53(41-35-32-30-28-26-24-22-20-18-16-14-12-10-8-6-4-2)42-43-54(62)52-61-55(63)60-51-37-33-36-44-56(47-50-59,45-38-48-57)46-39-49-58/h11-14,17,19,53-55,60-63H,3-10,15-16,18,20-52,57-59H2,1-2H3. The minimum Gasteiger partial charge on any atom is -0.392 e. The Kier molecular flexibility index (Phi) is 49.5. The molecule has 3 unspecified atom stereocenters. The van der Waals surface area contributed by atoms with E-state index in [4.69, 9.17) is 17.2 Å². The zero-order chi connectivity index (χ0) is 46.0. The van der Waals surface area contributed by atoms with E-state index in [9.17, 15) is 10.2 Å². The van der Waals surface area contributed by atoms with Gasteiger partial charge in [-0.3, -0.25) is 10.6 Å². The minimum atomic E-state index is -0.790. The van der Waals surface area contributed by atoms with E-state index in [-0.39, 0.29) is 5.41 Å². The molecule has 7 nitrogen and oxygen atoms in total. The minimum absolute atomic E-state index is 0.268. The molecule has 0 aromatic heterocycles. The van der Waals surface area contributed by atoms with E-state index in [0.29, 0.717) is 12.5 Å². The van der Waals surface area contributed by atoms with Gasteiger partial charge in [-0.2, -0.15) is 0 Å². The summed E-state index contributed by atoms with van der Waals surface area (Å²) in [6.45, 7) is 7.90. The first-order valence-corrected chi connectivity index (χ1v) is 27.8.